The molecule has 5 rings (SSSR count). The van der Waals surface area contributed by atoms with Crippen molar-refractivity contribution in [3.63, 3.8) is 0 Å². The molecule has 1 aliphatic rings. The van der Waals surface area contributed by atoms with Gasteiger partial charge >= 0.3 is 6.18 Å². The van der Waals surface area contributed by atoms with Gasteiger partial charge in [0, 0.05) is 23.3 Å². The van der Waals surface area contributed by atoms with Crippen LogP contribution in [0.2, 0.25) is 0 Å². The van der Waals surface area contributed by atoms with Gasteiger partial charge in [0.2, 0.25) is 0 Å². The van der Waals surface area contributed by atoms with Gasteiger partial charge < -0.3 is 19.5 Å². The number of pyridine rings is 1. The molecule has 2 aromatic carbocycles. The molecule has 2 atom stereocenters. The highest BCUT2D eigenvalue weighted by molar-refractivity contribution is 7.80. The summed E-state index contributed by atoms with van der Waals surface area (Å²) in [7, 11) is 0. The molecule has 0 spiro atoms. The van der Waals surface area contributed by atoms with Crippen molar-refractivity contribution in [2.45, 2.75) is 52.1 Å². The van der Waals surface area contributed by atoms with Gasteiger partial charge in [-0.2, -0.15) is 13.2 Å². The predicted molar refractivity (Wildman–Crippen MR) is 150 cm³/mol. The first-order chi connectivity index (χ1) is 18.6. The number of hydrogen-bond acceptors (Lipinski definition) is 3. The summed E-state index contributed by atoms with van der Waals surface area (Å²) in [6.45, 7) is 7.61. The number of nitrogens with one attached hydrogen (secondary N) is 1. The van der Waals surface area contributed by atoms with Gasteiger partial charge in [0.05, 0.1) is 35.1 Å². The largest absolute Gasteiger partial charge is 0.491 e. The molecular weight excluding hydrogens is 521 g/mol. The summed E-state index contributed by atoms with van der Waals surface area (Å²) < 4.78 is 49.4. The van der Waals surface area contributed by atoms with Crippen LogP contribution in [0.25, 0.3) is 5.69 Å². The van der Waals surface area contributed by atoms with Crippen molar-refractivity contribution in [2.24, 2.45) is 0 Å². The van der Waals surface area contributed by atoms with Crippen LogP contribution in [-0.4, -0.2) is 20.8 Å². The third-order valence-electron chi connectivity index (χ3n) is 6.82. The number of hydrogen-bond donors (Lipinski definition) is 1. The first kappa shape index (κ1) is 26.7. The van der Waals surface area contributed by atoms with Crippen molar-refractivity contribution in [1.82, 2.24) is 14.9 Å². The number of aryl methyl sites for hydroxylation is 1. The molecule has 4 aromatic rings. The number of rotatable bonds is 6. The number of para-hydroxylation sites is 1. The van der Waals surface area contributed by atoms with E-state index in [1.165, 1.54) is 12.1 Å². The minimum Gasteiger partial charge on any atom is -0.491 e. The summed E-state index contributed by atoms with van der Waals surface area (Å²) in [4.78, 5) is 6.59. The Morgan fingerprint density at radius 3 is 2.31 bits per heavy atom. The number of thiocarbonyl (C=S) groups is 1. The molecule has 0 radical (unpaired) electrons. The Kier molecular flexibility index (Phi) is 7.11. The molecule has 1 saturated heterocycles. The van der Waals surface area contributed by atoms with Crippen LogP contribution >= 0.6 is 12.2 Å². The lowest BCUT2D eigenvalue weighted by molar-refractivity contribution is -0.137. The van der Waals surface area contributed by atoms with Crippen LogP contribution in [0.5, 0.6) is 5.75 Å². The smallest absolute Gasteiger partial charge is 0.418 e. The number of anilines is 1. The number of ether oxygens (including phenoxy) is 1. The van der Waals surface area contributed by atoms with Gasteiger partial charge in [-0.15, -0.1) is 0 Å². The van der Waals surface area contributed by atoms with E-state index >= 15 is 0 Å². The van der Waals surface area contributed by atoms with E-state index in [9.17, 15) is 13.2 Å². The van der Waals surface area contributed by atoms with Crippen molar-refractivity contribution in [1.29, 1.82) is 0 Å². The Bertz CT molecular complexity index is 1480. The molecule has 5 nitrogen and oxygen atoms in total. The number of benzene rings is 2. The van der Waals surface area contributed by atoms with Crippen LogP contribution in [0.3, 0.4) is 0 Å². The summed E-state index contributed by atoms with van der Waals surface area (Å²) in [5.74, 6) is 0.742. The number of nitrogens with zero attached hydrogens (tertiary/aromatic N) is 3. The van der Waals surface area contributed by atoms with Crippen LogP contribution in [0.1, 0.15) is 54.1 Å². The highest BCUT2D eigenvalue weighted by Gasteiger charge is 2.43. The van der Waals surface area contributed by atoms with Crippen molar-refractivity contribution in [2.75, 3.05) is 4.90 Å². The van der Waals surface area contributed by atoms with E-state index < -0.39 is 11.7 Å². The Labute approximate surface area is 231 Å². The second-order valence-electron chi connectivity index (χ2n) is 9.83. The van der Waals surface area contributed by atoms with E-state index in [1.807, 2.05) is 81.1 Å². The molecule has 0 aliphatic carbocycles. The minimum atomic E-state index is -4.49. The third kappa shape index (κ3) is 5.11. The van der Waals surface area contributed by atoms with E-state index in [2.05, 4.69) is 10.3 Å². The Morgan fingerprint density at radius 1 is 0.974 bits per heavy atom. The van der Waals surface area contributed by atoms with Crippen molar-refractivity contribution in [3.05, 3.63) is 107 Å². The van der Waals surface area contributed by atoms with Crippen LogP contribution in [0, 0.1) is 13.8 Å². The second kappa shape index (κ2) is 10.4. The minimum absolute atomic E-state index is 0.0385. The Morgan fingerprint density at radius 2 is 1.67 bits per heavy atom. The highest BCUT2D eigenvalue weighted by atomic mass is 32.1. The second-order valence-corrected chi connectivity index (χ2v) is 10.2. The van der Waals surface area contributed by atoms with Crippen molar-refractivity contribution >= 4 is 23.0 Å². The molecule has 9 heteroatoms. The molecule has 1 aliphatic heterocycles. The first-order valence-corrected chi connectivity index (χ1v) is 13.1. The summed E-state index contributed by atoms with van der Waals surface area (Å²) in [6, 6.07) is 20.3. The molecular formula is C30H29F3N4OS. The Balaban J connectivity index is 1.66. The van der Waals surface area contributed by atoms with Gasteiger partial charge in [0.1, 0.15) is 5.75 Å². The molecule has 0 saturated carbocycles. The maximum absolute atomic E-state index is 14.0. The fraction of sp³-hybridized carbons (Fsp3) is 0.267. The molecule has 0 bridgehead atoms. The van der Waals surface area contributed by atoms with Crippen molar-refractivity contribution < 1.29 is 17.9 Å². The van der Waals surface area contributed by atoms with Gasteiger partial charge in [0.15, 0.2) is 5.11 Å². The first-order valence-electron chi connectivity index (χ1n) is 12.7. The lowest BCUT2D eigenvalue weighted by Crippen LogP contribution is -2.29. The fourth-order valence-electron chi connectivity index (χ4n) is 5.27. The van der Waals surface area contributed by atoms with Gasteiger partial charge in [0.25, 0.3) is 0 Å². The molecule has 2 aromatic heterocycles. The maximum Gasteiger partial charge on any atom is 0.418 e. The third-order valence-corrected chi connectivity index (χ3v) is 7.14. The van der Waals surface area contributed by atoms with Gasteiger partial charge in [-0.3, -0.25) is 4.98 Å². The predicted octanol–water partition coefficient (Wildman–Crippen LogP) is 7.47. The standard InChI is InChI=1S/C30H29F3N4OS/c1-18(2)38-22-14-12-21(13-15-22)37-28(27(35-29(37)39)25-10-7-8-16-34-25)23-17-19(3)36(20(23)4)26-11-6-5-9-24(26)30(31,32)33/h5-18,27-28H,1-4H3,(H,35,39)/t27-,28+/m0/s1. The van der Waals surface area contributed by atoms with E-state index in [1.54, 1.807) is 16.8 Å². The SMILES string of the molecule is Cc1cc([C@@H]2[C@H](c3ccccn3)NC(=S)N2c2ccc(OC(C)C)cc2)c(C)n1-c1ccccc1C(F)(F)F. The molecule has 1 N–H and O–H groups in total. The summed E-state index contributed by atoms with van der Waals surface area (Å²) >= 11 is 5.83. The van der Waals surface area contributed by atoms with Crippen LogP contribution in [0.4, 0.5) is 18.9 Å². The van der Waals surface area contributed by atoms with E-state index in [0.717, 1.165) is 28.8 Å². The van der Waals surface area contributed by atoms with Gasteiger partial charge in [-0.1, -0.05) is 18.2 Å². The van der Waals surface area contributed by atoms with Crippen LogP contribution < -0.4 is 15.0 Å². The molecule has 0 unspecified atom stereocenters. The maximum atomic E-state index is 14.0. The monoisotopic (exact) mass is 550 g/mol. The molecule has 39 heavy (non-hydrogen) atoms. The number of halogens is 3. The Hall–Kier alpha value is -3.85. The summed E-state index contributed by atoms with van der Waals surface area (Å²) in [5.41, 5.74) is 3.28. The summed E-state index contributed by atoms with van der Waals surface area (Å²) in [6.07, 6.45) is -2.73. The number of alkyl halides is 3. The lowest BCUT2D eigenvalue weighted by Gasteiger charge is -2.28. The zero-order valence-electron chi connectivity index (χ0n) is 22.0. The average molecular weight is 551 g/mol. The van der Waals surface area contributed by atoms with E-state index in [4.69, 9.17) is 17.0 Å². The van der Waals surface area contributed by atoms with E-state index in [0.29, 0.717) is 16.5 Å². The highest BCUT2D eigenvalue weighted by Crippen LogP contribution is 2.45. The normalized spacial score (nSPS) is 17.5. The van der Waals surface area contributed by atoms with Crippen LogP contribution in [0.15, 0.2) is 79.0 Å². The molecule has 3 heterocycles. The lowest BCUT2D eigenvalue weighted by atomic mass is 9.96. The molecule has 202 valence electrons. The van der Waals surface area contributed by atoms with E-state index in [-0.39, 0.29) is 23.9 Å². The fourth-order valence-corrected chi connectivity index (χ4v) is 5.62. The molecule has 0 amide bonds. The molecule has 1 fully saturated rings. The van der Waals surface area contributed by atoms with Crippen molar-refractivity contribution in [3.8, 4) is 11.4 Å². The quantitative estimate of drug-likeness (QED) is 0.252. The summed E-state index contributed by atoms with van der Waals surface area (Å²) in [5, 5.41) is 3.93. The van der Waals surface area contributed by atoms with Gasteiger partial charge in [-0.05, 0) is 100 Å². The average Bonchev–Trinajstić information content (AvgIpc) is 3.39. The number of aromatic nitrogens is 2. The van der Waals surface area contributed by atoms with Crippen LogP contribution in [-0.2, 0) is 6.18 Å². The zero-order chi connectivity index (χ0) is 27.9. The topological polar surface area (TPSA) is 42.3 Å². The van der Waals surface area contributed by atoms with Gasteiger partial charge in [-0.25, -0.2) is 0 Å². The zero-order valence-corrected chi connectivity index (χ0v) is 22.8.